The summed E-state index contributed by atoms with van der Waals surface area (Å²) in [5.41, 5.74) is 5.34. The van der Waals surface area contributed by atoms with Gasteiger partial charge in [-0.25, -0.2) is 0 Å². The molecule has 2 heteroatoms. The molecule has 10 heavy (non-hydrogen) atoms. The minimum Gasteiger partial charge on any atom is -0.318 e. The third-order valence-corrected chi connectivity index (χ3v) is 1.21. The Morgan fingerprint density at radius 2 is 1.80 bits per heavy atom. The van der Waals surface area contributed by atoms with Crippen molar-refractivity contribution in [3.63, 3.8) is 0 Å². The predicted molar refractivity (Wildman–Crippen MR) is 47.9 cm³/mol. The van der Waals surface area contributed by atoms with E-state index in [1.165, 1.54) is 12.8 Å². The average Bonchev–Trinajstić information content (AvgIpc) is 2.04. The summed E-state index contributed by atoms with van der Waals surface area (Å²) < 4.78 is 0. The highest BCUT2D eigenvalue weighted by Crippen LogP contribution is 1.87. The fourth-order valence-electron chi connectivity index (χ4n) is 0.519. The van der Waals surface area contributed by atoms with E-state index in [1.54, 1.807) is 0 Å². The molecule has 0 fully saturated rings. The first kappa shape index (κ1) is 12.6. The maximum Gasteiger partial charge on any atom is 0.0452 e. The van der Waals surface area contributed by atoms with E-state index in [2.05, 4.69) is 11.8 Å². The standard InChI is InChI=1S/C6H16N2.C2H6/c1-3-4-5-8(2)6-7;1-2/h3-7H2,1-2H3;1-2H3. The molecule has 0 rings (SSSR count). The second-order valence-corrected chi connectivity index (χ2v) is 2.12. The van der Waals surface area contributed by atoms with Crippen molar-refractivity contribution < 1.29 is 0 Å². The Labute approximate surface area is 65.4 Å². The Morgan fingerprint density at radius 1 is 1.30 bits per heavy atom. The highest BCUT2D eigenvalue weighted by atomic mass is 15.1. The number of rotatable bonds is 4. The maximum absolute atomic E-state index is 5.34. The number of nitrogens with two attached hydrogens (primary N) is 1. The third kappa shape index (κ3) is 10.8. The zero-order valence-corrected chi connectivity index (χ0v) is 7.85. The minimum atomic E-state index is 0.681. The van der Waals surface area contributed by atoms with E-state index in [1.807, 2.05) is 20.9 Å². The van der Waals surface area contributed by atoms with Gasteiger partial charge in [-0.3, -0.25) is 4.90 Å². The van der Waals surface area contributed by atoms with Crippen molar-refractivity contribution in [1.82, 2.24) is 4.90 Å². The zero-order chi connectivity index (χ0) is 8.41. The van der Waals surface area contributed by atoms with E-state index in [-0.39, 0.29) is 0 Å². The van der Waals surface area contributed by atoms with Crippen molar-refractivity contribution in [3.05, 3.63) is 0 Å². The van der Waals surface area contributed by atoms with E-state index >= 15 is 0 Å². The van der Waals surface area contributed by atoms with Crippen molar-refractivity contribution in [3.8, 4) is 0 Å². The number of nitrogens with zero attached hydrogens (tertiary/aromatic N) is 1. The Morgan fingerprint density at radius 3 is 2.10 bits per heavy atom. The third-order valence-electron chi connectivity index (χ3n) is 1.21. The molecule has 0 spiro atoms. The number of hydrogen-bond donors (Lipinski definition) is 1. The summed E-state index contributed by atoms with van der Waals surface area (Å²) >= 11 is 0. The fraction of sp³-hybridized carbons (Fsp3) is 1.00. The minimum absolute atomic E-state index is 0.681. The Hall–Kier alpha value is -0.0800. The van der Waals surface area contributed by atoms with Gasteiger partial charge in [0.25, 0.3) is 0 Å². The Balaban J connectivity index is 0. The van der Waals surface area contributed by atoms with E-state index in [0.717, 1.165) is 6.54 Å². The molecule has 0 atom stereocenters. The second kappa shape index (κ2) is 11.7. The van der Waals surface area contributed by atoms with Crippen LogP contribution >= 0.6 is 0 Å². The Kier molecular flexibility index (Phi) is 14.7. The second-order valence-electron chi connectivity index (χ2n) is 2.12. The fourth-order valence-corrected chi connectivity index (χ4v) is 0.519. The molecular formula is C8H22N2. The average molecular weight is 146 g/mol. The van der Waals surface area contributed by atoms with Gasteiger partial charge in [-0.1, -0.05) is 27.2 Å². The summed E-state index contributed by atoms with van der Waals surface area (Å²) in [7, 11) is 2.04. The molecule has 0 heterocycles. The largest absolute Gasteiger partial charge is 0.318 e. The van der Waals surface area contributed by atoms with Crippen LogP contribution in [0.1, 0.15) is 33.6 Å². The van der Waals surface area contributed by atoms with Crippen LogP contribution in [0.5, 0.6) is 0 Å². The topological polar surface area (TPSA) is 29.3 Å². The van der Waals surface area contributed by atoms with Gasteiger partial charge in [0, 0.05) is 6.67 Å². The van der Waals surface area contributed by atoms with Gasteiger partial charge in [-0.2, -0.15) is 0 Å². The van der Waals surface area contributed by atoms with Crippen LogP contribution < -0.4 is 5.73 Å². The van der Waals surface area contributed by atoms with Crippen molar-refractivity contribution in [2.45, 2.75) is 33.6 Å². The monoisotopic (exact) mass is 146 g/mol. The van der Waals surface area contributed by atoms with Crippen LogP contribution in [0.25, 0.3) is 0 Å². The highest BCUT2D eigenvalue weighted by molar-refractivity contribution is 4.43. The predicted octanol–water partition coefficient (Wildman–Crippen LogP) is 1.66. The first-order valence-electron chi connectivity index (χ1n) is 4.20. The van der Waals surface area contributed by atoms with Crippen LogP contribution in [0.2, 0.25) is 0 Å². The Bertz CT molecular complexity index is 46.5. The van der Waals surface area contributed by atoms with Gasteiger partial charge < -0.3 is 5.73 Å². The maximum atomic E-state index is 5.34. The molecular weight excluding hydrogens is 124 g/mol. The molecule has 2 nitrogen and oxygen atoms in total. The summed E-state index contributed by atoms with van der Waals surface area (Å²) in [6.07, 6.45) is 2.51. The summed E-state index contributed by atoms with van der Waals surface area (Å²) in [6, 6.07) is 0. The number of unbranched alkanes of at least 4 members (excludes halogenated alkanes) is 1. The van der Waals surface area contributed by atoms with Gasteiger partial charge in [-0.05, 0) is 20.0 Å². The number of hydrogen-bond acceptors (Lipinski definition) is 2. The molecule has 0 aromatic carbocycles. The molecule has 0 aliphatic carbocycles. The summed E-state index contributed by atoms with van der Waals surface area (Å²) in [6.45, 7) is 8.00. The lowest BCUT2D eigenvalue weighted by molar-refractivity contribution is 0.338. The lowest BCUT2D eigenvalue weighted by atomic mass is 10.3. The summed E-state index contributed by atoms with van der Waals surface area (Å²) in [5.74, 6) is 0. The molecule has 0 unspecified atom stereocenters. The molecule has 2 N–H and O–H groups in total. The van der Waals surface area contributed by atoms with Gasteiger partial charge in [0.05, 0.1) is 0 Å². The molecule has 0 saturated carbocycles. The van der Waals surface area contributed by atoms with E-state index in [4.69, 9.17) is 5.73 Å². The van der Waals surface area contributed by atoms with Gasteiger partial charge in [0.2, 0.25) is 0 Å². The first-order valence-corrected chi connectivity index (χ1v) is 4.20. The molecule has 0 aromatic rings. The smallest absolute Gasteiger partial charge is 0.0452 e. The van der Waals surface area contributed by atoms with Crippen LogP contribution in [-0.2, 0) is 0 Å². The van der Waals surface area contributed by atoms with Crippen LogP contribution in [0, 0.1) is 0 Å². The molecule has 0 bridgehead atoms. The van der Waals surface area contributed by atoms with Gasteiger partial charge >= 0.3 is 0 Å². The van der Waals surface area contributed by atoms with Crippen molar-refractivity contribution in [2.75, 3.05) is 20.3 Å². The molecule has 64 valence electrons. The van der Waals surface area contributed by atoms with Crippen LogP contribution in [-0.4, -0.2) is 25.2 Å². The molecule has 0 radical (unpaired) electrons. The SMILES string of the molecule is CC.CCCCN(C)CN. The highest BCUT2D eigenvalue weighted by Gasteiger charge is 1.89. The van der Waals surface area contributed by atoms with Gasteiger partial charge in [0.1, 0.15) is 0 Å². The molecule has 0 aliphatic rings. The molecule has 0 aromatic heterocycles. The van der Waals surface area contributed by atoms with Crippen molar-refractivity contribution >= 4 is 0 Å². The molecule has 0 aliphatic heterocycles. The van der Waals surface area contributed by atoms with E-state index in [0.29, 0.717) is 6.67 Å². The van der Waals surface area contributed by atoms with Crippen LogP contribution in [0.4, 0.5) is 0 Å². The van der Waals surface area contributed by atoms with Gasteiger partial charge in [0.15, 0.2) is 0 Å². The first-order chi connectivity index (χ1) is 4.81. The van der Waals surface area contributed by atoms with Crippen molar-refractivity contribution in [2.24, 2.45) is 5.73 Å². The van der Waals surface area contributed by atoms with E-state index in [9.17, 15) is 0 Å². The molecule has 0 saturated heterocycles. The molecule has 0 amide bonds. The van der Waals surface area contributed by atoms with Crippen LogP contribution in [0.3, 0.4) is 0 Å². The van der Waals surface area contributed by atoms with E-state index < -0.39 is 0 Å². The summed E-state index contributed by atoms with van der Waals surface area (Å²) in [5, 5.41) is 0. The lowest BCUT2D eigenvalue weighted by Gasteiger charge is -2.11. The van der Waals surface area contributed by atoms with Crippen molar-refractivity contribution in [1.29, 1.82) is 0 Å². The quantitative estimate of drug-likeness (QED) is 0.611. The summed E-state index contributed by atoms with van der Waals surface area (Å²) in [4.78, 5) is 2.11. The zero-order valence-electron chi connectivity index (χ0n) is 7.85. The van der Waals surface area contributed by atoms with Gasteiger partial charge in [-0.15, -0.1) is 0 Å². The van der Waals surface area contributed by atoms with Crippen LogP contribution in [0.15, 0.2) is 0 Å². The normalized spacial score (nSPS) is 9.00. The lowest BCUT2D eigenvalue weighted by Crippen LogP contribution is -2.26.